The number of benzene rings is 2. The van der Waals surface area contributed by atoms with Gasteiger partial charge in [-0.2, -0.15) is 0 Å². The van der Waals surface area contributed by atoms with Crippen LogP contribution in [0, 0.1) is 13.8 Å². The molecule has 2 aromatic rings. The van der Waals surface area contributed by atoms with Crippen LogP contribution < -0.4 is 0 Å². The van der Waals surface area contributed by atoms with Crippen LogP contribution >= 0.6 is 11.6 Å². The SMILES string of the molecule is Cc1ccc(CCC(Cl)c2ccccc2)c(C)c1. The van der Waals surface area contributed by atoms with Gasteiger partial charge < -0.3 is 0 Å². The third kappa shape index (κ3) is 3.36. The average Bonchev–Trinajstić information content (AvgIpc) is 2.38. The molecule has 18 heavy (non-hydrogen) atoms. The molecule has 0 bridgehead atoms. The number of hydrogen-bond donors (Lipinski definition) is 0. The Morgan fingerprint density at radius 2 is 1.72 bits per heavy atom. The largest absolute Gasteiger partial charge is 0.118 e. The number of aryl methyl sites for hydroxylation is 3. The molecular formula is C17H19Cl. The maximum atomic E-state index is 6.44. The van der Waals surface area contributed by atoms with Gasteiger partial charge in [-0.1, -0.05) is 54.1 Å². The van der Waals surface area contributed by atoms with E-state index < -0.39 is 0 Å². The lowest BCUT2D eigenvalue weighted by Gasteiger charge is -2.11. The molecule has 0 amide bonds. The summed E-state index contributed by atoms with van der Waals surface area (Å²) < 4.78 is 0. The van der Waals surface area contributed by atoms with Gasteiger partial charge in [0.2, 0.25) is 0 Å². The molecule has 0 aliphatic heterocycles. The number of hydrogen-bond acceptors (Lipinski definition) is 0. The lowest BCUT2D eigenvalue weighted by Crippen LogP contribution is -1.96. The van der Waals surface area contributed by atoms with Gasteiger partial charge in [-0.3, -0.25) is 0 Å². The number of alkyl halides is 1. The minimum absolute atomic E-state index is 0.104. The molecule has 0 radical (unpaired) electrons. The summed E-state index contributed by atoms with van der Waals surface area (Å²) in [6.07, 6.45) is 2.02. The molecule has 0 heterocycles. The predicted octanol–water partition coefficient (Wildman–Crippen LogP) is 5.22. The monoisotopic (exact) mass is 258 g/mol. The van der Waals surface area contributed by atoms with Crippen molar-refractivity contribution >= 4 is 11.6 Å². The van der Waals surface area contributed by atoms with Crippen molar-refractivity contribution in [3.63, 3.8) is 0 Å². The number of halogens is 1. The topological polar surface area (TPSA) is 0 Å². The zero-order chi connectivity index (χ0) is 13.0. The Labute approximate surface area is 115 Å². The molecule has 0 saturated heterocycles. The Morgan fingerprint density at radius 1 is 1.00 bits per heavy atom. The van der Waals surface area contributed by atoms with E-state index in [1.165, 1.54) is 22.3 Å². The van der Waals surface area contributed by atoms with Crippen molar-refractivity contribution in [3.8, 4) is 0 Å². The molecule has 2 rings (SSSR count). The molecule has 94 valence electrons. The van der Waals surface area contributed by atoms with Crippen LogP contribution in [0.5, 0.6) is 0 Å². The van der Waals surface area contributed by atoms with E-state index in [2.05, 4.69) is 44.2 Å². The summed E-state index contributed by atoms with van der Waals surface area (Å²) in [7, 11) is 0. The van der Waals surface area contributed by atoms with E-state index in [0.717, 1.165) is 12.8 Å². The highest BCUT2D eigenvalue weighted by Gasteiger charge is 2.08. The average molecular weight is 259 g/mol. The summed E-state index contributed by atoms with van der Waals surface area (Å²) >= 11 is 6.44. The van der Waals surface area contributed by atoms with Gasteiger partial charge in [0.05, 0.1) is 5.38 Å². The van der Waals surface area contributed by atoms with Crippen molar-refractivity contribution < 1.29 is 0 Å². The highest BCUT2D eigenvalue weighted by molar-refractivity contribution is 6.20. The van der Waals surface area contributed by atoms with Gasteiger partial charge in [-0.25, -0.2) is 0 Å². The van der Waals surface area contributed by atoms with Gasteiger partial charge in [-0.05, 0) is 43.4 Å². The highest BCUT2D eigenvalue weighted by Crippen LogP contribution is 2.26. The fourth-order valence-electron chi connectivity index (χ4n) is 2.24. The molecule has 1 heteroatoms. The summed E-state index contributed by atoms with van der Waals surface area (Å²) in [6.45, 7) is 4.30. The minimum atomic E-state index is 0.104. The summed E-state index contributed by atoms with van der Waals surface area (Å²) in [6, 6.07) is 16.9. The third-order valence-electron chi connectivity index (χ3n) is 3.33. The van der Waals surface area contributed by atoms with Crippen molar-refractivity contribution in [3.05, 3.63) is 70.8 Å². The van der Waals surface area contributed by atoms with Crippen molar-refractivity contribution in [2.24, 2.45) is 0 Å². The first kappa shape index (κ1) is 13.2. The van der Waals surface area contributed by atoms with E-state index >= 15 is 0 Å². The Balaban J connectivity index is 1.99. The molecule has 0 aromatic heterocycles. The van der Waals surface area contributed by atoms with Gasteiger partial charge >= 0.3 is 0 Å². The highest BCUT2D eigenvalue weighted by atomic mass is 35.5. The van der Waals surface area contributed by atoms with E-state index in [9.17, 15) is 0 Å². The minimum Gasteiger partial charge on any atom is -0.118 e. The Bertz CT molecular complexity index is 502. The normalized spacial score (nSPS) is 12.4. The van der Waals surface area contributed by atoms with Gasteiger partial charge in [-0.15, -0.1) is 11.6 Å². The first-order chi connectivity index (χ1) is 8.66. The smallest absolute Gasteiger partial charge is 0.0588 e. The molecule has 0 saturated carbocycles. The summed E-state index contributed by atoms with van der Waals surface area (Å²) in [5.74, 6) is 0. The second-order valence-electron chi connectivity index (χ2n) is 4.85. The van der Waals surface area contributed by atoms with Gasteiger partial charge in [0.15, 0.2) is 0 Å². The third-order valence-corrected chi connectivity index (χ3v) is 3.80. The van der Waals surface area contributed by atoms with E-state index in [0.29, 0.717) is 0 Å². The van der Waals surface area contributed by atoms with Crippen LogP contribution in [0.25, 0.3) is 0 Å². The molecule has 0 spiro atoms. The van der Waals surface area contributed by atoms with Crippen molar-refractivity contribution in [2.45, 2.75) is 32.1 Å². The zero-order valence-corrected chi connectivity index (χ0v) is 11.7. The van der Waals surface area contributed by atoms with Gasteiger partial charge in [0, 0.05) is 0 Å². The fraction of sp³-hybridized carbons (Fsp3) is 0.294. The maximum absolute atomic E-state index is 6.44. The van der Waals surface area contributed by atoms with Crippen LogP contribution in [0.2, 0.25) is 0 Å². The van der Waals surface area contributed by atoms with Crippen LogP contribution in [-0.2, 0) is 6.42 Å². The molecule has 1 atom stereocenters. The standard InChI is InChI=1S/C17H19Cl/c1-13-8-9-15(14(2)12-13)10-11-17(18)16-6-4-3-5-7-16/h3-9,12,17H,10-11H2,1-2H3. The summed E-state index contributed by atoms with van der Waals surface area (Å²) in [4.78, 5) is 0. The Kier molecular flexibility index (Phi) is 4.43. The second kappa shape index (κ2) is 6.06. The maximum Gasteiger partial charge on any atom is 0.0588 e. The van der Waals surface area contributed by atoms with Gasteiger partial charge in [0.1, 0.15) is 0 Å². The summed E-state index contributed by atoms with van der Waals surface area (Å²) in [5, 5.41) is 0.104. The van der Waals surface area contributed by atoms with Crippen LogP contribution in [0.1, 0.15) is 34.1 Å². The second-order valence-corrected chi connectivity index (χ2v) is 5.37. The van der Waals surface area contributed by atoms with E-state index in [-0.39, 0.29) is 5.38 Å². The summed E-state index contributed by atoms with van der Waals surface area (Å²) in [5.41, 5.74) is 5.31. The quantitative estimate of drug-likeness (QED) is 0.660. The van der Waals surface area contributed by atoms with Crippen molar-refractivity contribution in [1.82, 2.24) is 0 Å². The predicted molar refractivity (Wildman–Crippen MR) is 79.3 cm³/mol. The molecule has 0 N–H and O–H groups in total. The Morgan fingerprint density at radius 3 is 2.39 bits per heavy atom. The molecule has 0 fully saturated rings. The van der Waals surface area contributed by atoms with Crippen molar-refractivity contribution in [2.75, 3.05) is 0 Å². The molecule has 0 aliphatic carbocycles. The molecule has 0 nitrogen and oxygen atoms in total. The lowest BCUT2D eigenvalue weighted by molar-refractivity contribution is 0.789. The van der Waals surface area contributed by atoms with E-state index in [1.54, 1.807) is 0 Å². The molecule has 2 aromatic carbocycles. The first-order valence-corrected chi connectivity index (χ1v) is 6.85. The van der Waals surface area contributed by atoms with E-state index in [1.807, 2.05) is 18.2 Å². The van der Waals surface area contributed by atoms with Crippen molar-refractivity contribution in [1.29, 1.82) is 0 Å². The molecule has 1 unspecified atom stereocenters. The van der Waals surface area contributed by atoms with Gasteiger partial charge in [0.25, 0.3) is 0 Å². The first-order valence-electron chi connectivity index (χ1n) is 6.42. The van der Waals surface area contributed by atoms with E-state index in [4.69, 9.17) is 11.6 Å². The van der Waals surface area contributed by atoms with Crippen LogP contribution in [-0.4, -0.2) is 0 Å². The van der Waals surface area contributed by atoms with Crippen LogP contribution in [0.4, 0.5) is 0 Å². The molecular weight excluding hydrogens is 240 g/mol. The fourth-order valence-corrected chi connectivity index (χ4v) is 2.49. The van der Waals surface area contributed by atoms with Crippen LogP contribution in [0.15, 0.2) is 48.5 Å². The zero-order valence-electron chi connectivity index (χ0n) is 11.0. The van der Waals surface area contributed by atoms with Crippen LogP contribution in [0.3, 0.4) is 0 Å². The molecule has 0 aliphatic rings. The lowest BCUT2D eigenvalue weighted by atomic mass is 9.99. The Hall–Kier alpha value is -1.27. The number of rotatable bonds is 4.